The normalized spacial score (nSPS) is 17.7. The quantitative estimate of drug-likeness (QED) is 0.776. The Morgan fingerprint density at radius 2 is 2.12 bits per heavy atom. The van der Waals surface area contributed by atoms with Gasteiger partial charge in [0.25, 0.3) is 0 Å². The third-order valence-corrected chi connectivity index (χ3v) is 4.18. The number of rotatable bonds is 7. The average molecular weight is 328 g/mol. The van der Waals surface area contributed by atoms with E-state index in [-0.39, 0.29) is 0 Å². The summed E-state index contributed by atoms with van der Waals surface area (Å²) in [6.45, 7) is 3.39. The number of anilines is 2. The van der Waals surface area contributed by atoms with Gasteiger partial charge in [0.2, 0.25) is 5.95 Å². The molecule has 0 radical (unpaired) electrons. The molecule has 1 N–H and O–H groups in total. The Kier molecular flexibility index (Phi) is 5.90. The molecule has 0 bridgehead atoms. The largest absolute Gasteiger partial charge is 0.383 e. The lowest BCUT2D eigenvalue weighted by molar-refractivity contribution is 0.210. The molecule has 0 aliphatic carbocycles. The number of aromatic nitrogens is 4. The number of hydrogen-bond acceptors (Lipinski definition) is 7. The highest BCUT2D eigenvalue weighted by Gasteiger charge is 2.22. The summed E-state index contributed by atoms with van der Waals surface area (Å²) >= 11 is 0. The highest BCUT2D eigenvalue weighted by Crippen LogP contribution is 2.22. The van der Waals surface area contributed by atoms with E-state index in [1.54, 1.807) is 19.5 Å². The molecule has 0 amide bonds. The summed E-state index contributed by atoms with van der Waals surface area (Å²) < 4.78 is 5.01. The van der Waals surface area contributed by atoms with Gasteiger partial charge in [0.15, 0.2) is 0 Å². The van der Waals surface area contributed by atoms with Gasteiger partial charge >= 0.3 is 0 Å². The van der Waals surface area contributed by atoms with Crippen LogP contribution in [-0.4, -0.2) is 53.5 Å². The molecule has 128 valence electrons. The van der Waals surface area contributed by atoms with Crippen molar-refractivity contribution >= 4 is 11.8 Å². The van der Waals surface area contributed by atoms with E-state index < -0.39 is 0 Å². The molecule has 2 aromatic heterocycles. The van der Waals surface area contributed by atoms with Crippen LogP contribution in [0.3, 0.4) is 0 Å². The van der Waals surface area contributed by atoms with E-state index in [2.05, 4.69) is 36.4 Å². The van der Waals surface area contributed by atoms with Gasteiger partial charge in [-0.25, -0.2) is 9.97 Å². The summed E-state index contributed by atoms with van der Waals surface area (Å²) in [5.41, 5.74) is 1.04. The Bertz CT molecular complexity index is 606. The van der Waals surface area contributed by atoms with Crippen LogP contribution in [0.1, 0.15) is 18.5 Å². The zero-order chi connectivity index (χ0) is 16.6. The van der Waals surface area contributed by atoms with E-state index in [1.165, 1.54) is 6.42 Å². The second-order valence-corrected chi connectivity index (χ2v) is 6.04. The van der Waals surface area contributed by atoms with E-state index in [1.807, 2.05) is 12.1 Å². The molecule has 1 atom stereocenters. The second-order valence-electron chi connectivity index (χ2n) is 6.04. The number of nitrogens with zero attached hydrogens (tertiary/aromatic N) is 5. The molecule has 1 fully saturated rings. The Labute approximate surface area is 142 Å². The lowest BCUT2D eigenvalue weighted by atomic mass is 9.93. The fourth-order valence-corrected chi connectivity index (χ4v) is 3.01. The monoisotopic (exact) mass is 328 g/mol. The molecule has 0 unspecified atom stereocenters. The van der Waals surface area contributed by atoms with Gasteiger partial charge in [-0.3, -0.25) is 0 Å². The second kappa shape index (κ2) is 8.54. The first kappa shape index (κ1) is 16.6. The van der Waals surface area contributed by atoms with Gasteiger partial charge in [-0.1, -0.05) is 0 Å². The summed E-state index contributed by atoms with van der Waals surface area (Å²) in [7, 11) is 1.68. The van der Waals surface area contributed by atoms with Crippen LogP contribution >= 0.6 is 0 Å². The van der Waals surface area contributed by atoms with E-state index in [9.17, 15) is 0 Å². The highest BCUT2D eigenvalue weighted by atomic mass is 16.5. The standard InChI is InChI=1S/C17H24N6O/c1-24-11-9-18-16-6-5-15(21-22-16)12-14-4-2-10-23(13-14)17-19-7-3-8-20-17/h3,5-8,14H,2,4,9-13H2,1H3,(H,18,22)/t14-/m0/s1. The van der Waals surface area contributed by atoms with Crippen molar-refractivity contribution in [2.75, 3.05) is 43.6 Å². The van der Waals surface area contributed by atoms with Crippen LogP contribution in [0.25, 0.3) is 0 Å². The summed E-state index contributed by atoms with van der Waals surface area (Å²) in [6, 6.07) is 5.89. The fraction of sp³-hybridized carbons (Fsp3) is 0.529. The molecule has 7 heteroatoms. The maximum absolute atomic E-state index is 5.01. The number of nitrogens with one attached hydrogen (secondary N) is 1. The number of piperidine rings is 1. The molecule has 0 spiro atoms. The van der Waals surface area contributed by atoms with Crippen LogP contribution in [-0.2, 0) is 11.2 Å². The van der Waals surface area contributed by atoms with Crippen LogP contribution in [0.2, 0.25) is 0 Å². The zero-order valence-electron chi connectivity index (χ0n) is 14.1. The van der Waals surface area contributed by atoms with Crippen molar-refractivity contribution in [3.63, 3.8) is 0 Å². The first-order valence-electron chi connectivity index (χ1n) is 8.42. The molecule has 3 heterocycles. The van der Waals surface area contributed by atoms with E-state index in [0.717, 1.165) is 49.9 Å². The average Bonchev–Trinajstić information content (AvgIpc) is 2.64. The van der Waals surface area contributed by atoms with Crippen molar-refractivity contribution < 1.29 is 4.74 Å². The molecule has 1 aliphatic heterocycles. The van der Waals surface area contributed by atoms with Gasteiger partial charge in [-0.2, -0.15) is 5.10 Å². The Morgan fingerprint density at radius 1 is 1.25 bits per heavy atom. The molecule has 1 aliphatic rings. The maximum atomic E-state index is 5.01. The molecule has 0 aromatic carbocycles. The van der Waals surface area contributed by atoms with Gasteiger partial charge in [-0.15, -0.1) is 5.10 Å². The number of methoxy groups -OCH3 is 1. The van der Waals surface area contributed by atoms with Crippen LogP contribution in [0, 0.1) is 5.92 Å². The first-order valence-corrected chi connectivity index (χ1v) is 8.42. The van der Waals surface area contributed by atoms with Gasteiger partial charge in [0.05, 0.1) is 12.3 Å². The molecule has 7 nitrogen and oxygen atoms in total. The topological polar surface area (TPSA) is 76.1 Å². The van der Waals surface area contributed by atoms with Crippen molar-refractivity contribution in [1.82, 2.24) is 20.2 Å². The fourth-order valence-electron chi connectivity index (χ4n) is 3.01. The van der Waals surface area contributed by atoms with Crippen LogP contribution < -0.4 is 10.2 Å². The predicted octanol–water partition coefficient (Wildman–Crippen LogP) is 1.78. The minimum absolute atomic E-state index is 0.559. The molecular weight excluding hydrogens is 304 g/mol. The Morgan fingerprint density at radius 3 is 2.88 bits per heavy atom. The number of hydrogen-bond donors (Lipinski definition) is 1. The van der Waals surface area contributed by atoms with Crippen LogP contribution in [0.4, 0.5) is 11.8 Å². The zero-order valence-corrected chi connectivity index (χ0v) is 14.1. The van der Waals surface area contributed by atoms with Crippen LogP contribution in [0.15, 0.2) is 30.6 Å². The van der Waals surface area contributed by atoms with Gasteiger partial charge in [-0.05, 0) is 43.4 Å². The Hall–Kier alpha value is -2.28. The van der Waals surface area contributed by atoms with Gasteiger partial charge < -0.3 is 15.0 Å². The molecule has 1 saturated heterocycles. The van der Waals surface area contributed by atoms with Crippen molar-refractivity contribution in [3.8, 4) is 0 Å². The summed E-state index contributed by atoms with van der Waals surface area (Å²) in [5, 5.41) is 11.8. The van der Waals surface area contributed by atoms with Gasteiger partial charge in [0, 0.05) is 39.1 Å². The van der Waals surface area contributed by atoms with Crippen molar-refractivity contribution in [3.05, 3.63) is 36.3 Å². The van der Waals surface area contributed by atoms with E-state index in [4.69, 9.17) is 4.74 Å². The highest BCUT2D eigenvalue weighted by molar-refractivity contribution is 5.33. The first-order chi connectivity index (χ1) is 11.8. The lowest BCUT2D eigenvalue weighted by Gasteiger charge is -2.32. The molecule has 3 rings (SSSR count). The predicted molar refractivity (Wildman–Crippen MR) is 93.1 cm³/mol. The SMILES string of the molecule is COCCNc1ccc(C[C@@H]2CCCN(c3ncccn3)C2)nn1. The van der Waals surface area contributed by atoms with Crippen molar-refractivity contribution in [1.29, 1.82) is 0 Å². The summed E-state index contributed by atoms with van der Waals surface area (Å²) in [6.07, 6.45) is 6.90. The smallest absolute Gasteiger partial charge is 0.225 e. The Balaban J connectivity index is 1.53. The molecule has 0 saturated carbocycles. The van der Waals surface area contributed by atoms with Crippen LogP contribution in [0.5, 0.6) is 0 Å². The van der Waals surface area contributed by atoms with Gasteiger partial charge in [0.1, 0.15) is 5.82 Å². The summed E-state index contributed by atoms with van der Waals surface area (Å²) in [5.74, 6) is 2.17. The van der Waals surface area contributed by atoms with E-state index in [0.29, 0.717) is 12.5 Å². The third kappa shape index (κ3) is 4.61. The lowest BCUT2D eigenvalue weighted by Crippen LogP contribution is -2.37. The van der Waals surface area contributed by atoms with Crippen molar-refractivity contribution in [2.24, 2.45) is 5.92 Å². The molecule has 24 heavy (non-hydrogen) atoms. The minimum Gasteiger partial charge on any atom is -0.383 e. The summed E-state index contributed by atoms with van der Waals surface area (Å²) in [4.78, 5) is 11.0. The number of ether oxygens (including phenoxy) is 1. The minimum atomic E-state index is 0.559. The van der Waals surface area contributed by atoms with Crippen molar-refractivity contribution in [2.45, 2.75) is 19.3 Å². The molecular formula is C17H24N6O. The third-order valence-electron chi connectivity index (χ3n) is 4.18. The van der Waals surface area contributed by atoms with E-state index >= 15 is 0 Å². The molecule has 2 aromatic rings. The maximum Gasteiger partial charge on any atom is 0.225 e.